The first-order valence-electron chi connectivity index (χ1n) is 20.5. The molecule has 9 rings (SSSR count). The lowest BCUT2D eigenvalue weighted by Gasteiger charge is -2.15. The van der Waals surface area contributed by atoms with Gasteiger partial charge in [0.05, 0.1) is 0 Å². The molecule has 0 amide bonds. The number of nitrogens with zero attached hydrogens (tertiary/aromatic N) is 4. The topological polar surface area (TPSA) is 14.2 Å². The van der Waals surface area contributed by atoms with Crippen molar-refractivity contribution in [1.82, 2.24) is 0 Å². The highest BCUT2D eigenvalue weighted by Gasteiger charge is 2.27. The Morgan fingerprint density at radius 1 is 0.250 bits per heavy atom. The molecule has 0 radical (unpaired) electrons. The number of hydrogen-bond acceptors (Lipinski definition) is 2. The Labute approximate surface area is 354 Å². The van der Waals surface area contributed by atoms with Crippen molar-refractivity contribution in [2.75, 3.05) is 38.0 Å². The van der Waals surface area contributed by atoms with E-state index in [-0.39, 0.29) is 0 Å². The quantitative estimate of drug-likeness (QED) is 0.128. The second-order valence-corrected chi connectivity index (χ2v) is 15.6. The first kappa shape index (κ1) is 38.0. The third-order valence-electron chi connectivity index (χ3n) is 11.2. The monoisotopic (exact) mass is 776 g/mol. The zero-order valence-electron chi connectivity index (χ0n) is 34.6. The summed E-state index contributed by atoms with van der Waals surface area (Å²) in [5.41, 5.74) is 18.3. The minimum Gasteiger partial charge on any atom is -0.378 e. The Bertz CT molecular complexity index is 2530. The van der Waals surface area contributed by atoms with E-state index >= 15 is 0 Å². The highest BCUT2D eigenvalue weighted by molar-refractivity contribution is 5.79. The van der Waals surface area contributed by atoms with Crippen LogP contribution in [0.1, 0.15) is 0 Å². The Balaban J connectivity index is 1.21. The van der Waals surface area contributed by atoms with Crippen molar-refractivity contribution in [2.45, 2.75) is 0 Å². The van der Waals surface area contributed by atoms with E-state index in [2.05, 4.69) is 266 Å². The van der Waals surface area contributed by atoms with Gasteiger partial charge in [0, 0.05) is 110 Å². The molecule has 2 aromatic heterocycles. The van der Waals surface area contributed by atoms with E-state index in [4.69, 9.17) is 0 Å². The summed E-state index contributed by atoms with van der Waals surface area (Å²) in [6, 6.07) is 79.0. The van der Waals surface area contributed by atoms with E-state index in [0.717, 1.165) is 90.0 Å². The first-order valence-corrected chi connectivity index (χ1v) is 20.5. The van der Waals surface area contributed by atoms with Crippen molar-refractivity contribution < 1.29 is 9.13 Å². The van der Waals surface area contributed by atoms with Crippen molar-refractivity contribution in [3.05, 3.63) is 218 Å². The number of pyridine rings is 2. The fourth-order valence-electron chi connectivity index (χ4n) is 8.02. The molecule has 0 fully saturated rings. The van der Waals surface area contributed by atoms with Crippen molar-refractivity contribution in [3.63, 3.8) is 0 Å². The summed E-state index contributed by atoms with van der Waals surface area (Å²) in [4.78, 5) is 4.28. The van der Waals surface area contributed by atoms with Crippen molar-refractivity contribution in [2.24, 2.45) is 0 Å². The van der Waals surface area contributed by atoms with E-state index in [1.165, 1.54) is 0 Å². The van der Waals surface area contributed by atoms with Gasteiger partial charge in [0.25, 0.3) is 0 Å². The van der Waals surface area contributed by atoms with Gasteiger partial charge in [-0.2, -0.15) is 9.13 Å². The minimum atomic E-state index is 1.11. The Kier molecular flexibility index (Phi) is 10.6. The molecule has 290 valence electrons. The molecule has 0 saturated carbocycles. The number of anilines is 2. The van der Waals surface area contributed by atoms with Crippen LogP contribution in [0.5, 0.6) is 0 Å². The van der Waals surface area contributed by atoms with E-state index < -0.39 is 0 Å². The van der Waals surface area contributed by atoms with Crippen molar-refractivity contribution >= 4 is 11.4 Å². The highest BCUT2D eigenvalue weighted by atomic mass is 15.1. The molecule has 0 unspecified atom stereocenters. The summed E-state index contributed by atoms with van der Waals surface area (Å²) in [5, 5.41) is 0. The van der Waals surface area contributed by atoms with Crippen LogP contribution in [-0.2, 0) is 0 Å². The predicted molar refractivity (Wildman–Crippen MR) is 251 cm³/mol. The molecular formula is C56H48N4+2. The van der Waals surface area contributed by atoms with E-state index in [1.807, 2.05) is 0 Å². The average molecular weight is 777 g/mol. The van der Waals surface area contributed by atoms with Crippen LogP contribution >= 0.6 is 0 Å². The molecule has 60 heavy (non-hydrogen) atoms. The maximum Gasteiger partial charge on any atom is 0.219 e. The normalized spacial score (nSPS) is 11.0. The molecule has 4 nitrogen and oxygen atoms in total. The van der Waals surface area contributed by atoms with Gasteiger partial charge in [0.2, 0.25) is 34.2 Å². The fourth-order valence-corrected chi connectivity index (χ4v) is 8.02. The van der Waals surface area contributed by atoms with Gasteiger partial charge < -0.3 is 9.80 Å². The highest BCUT2D eigenvalue weighted by Crippen LogP contribution is 2.35. The molecule has 9 aromatic rings. The van der Waals surface area contributed by atoms with Gasteiger partial charge in [-0.1, -0.05) is 97.1 Å². The minimum absolute atomic E-state index is 1.11. The van der Waals surface area contributed by atoms with Crippen LogP contribution < -0.4 is 18.9 Å². The summed E-state index contributed by atoms with van der Waals surface area (Å²) in [7, 11) is 8.32. The van der Waals surface area contributed by atoms with Crippen LogP contribution in [-0.4, -0.2) is 28.2 Å². The number of aromatic nitrogens is 2. The zero-order chi connectivity index (χ0) is 41.0. The smallest absolute Gasteiger partial charge is 0.219 e. The number of rotatable bonds is 10. The van der Waals surface area contributed by atoms with Crippen LogP contribution in [0, 0.1) is 0 Å². The molecule has 0 aliphatic carbocycles. The first-order chi connectivity index (χ1) is 29.4. The molecule has 0 atom stereocenters. The second kappa shape index (κ2) is 16.7. The molecule has 0 saturated heterocycles. The van der Waals surface area contributed by atoms with E-state index in [1.54, 1.807) is 0 Å². The molecule has 4 heteroatoms. The lowest BCUT2D eigenvalue weighted by Crippen LogP contribution is -2.36. The number of hydrogen-bond donors (Lipinski definition) is 0. The Morgan fingerprint density at radius 3 is 0.733 bits per heavy atom. The molecule has 0 aliphatic rings. The summed E-state index contributed by atoms with van der Waals surface area (Å²) in [5.74, 6) is 0. The van der Waals surface area contributed by atoms with Gasteiger partial charge >= 0.3 is 0 Å². The summed E-state index contributed by atoms with van der Waals surface area (Å²) in [6.07, 6.45) is 0. The summed E-state index contributed by atoms with van der Waals surface area (Å²) >= 11 is 0. The standard InChI is InChI=1S/C56H48N4/c1-57(2)49-29-33-51(34-30-49)59-53(43-17-9-5-10-18-43)37-47(38-54(59)44-19-11-6-12-20-44)41-25-27-42(28-26-41)48-39-55(45-21-13-7-14-22-45)60(52-35-31-50(32-36-52)58(3)4)56(40-48)46-23-15-8-16-24-46/h5-40H,1-4H3/q+2. The van der Waals surface area contributed by atoms with Gasteiger partial charge in [-0.25, -0.2) is 0 Å². The second-order valence-electron chi connectivity index (χ2n) is 15.6. The summed E-state index contributed by atoms with van der Waals surface area (Å²) in [6.45, 7) is 0. The lowest BCUT2D eigenvalue weighted by atomic mass is 9.95. The third kappa shape index (κ3) is 7.71. The predicted octanol–water partition coefficient (Wildman–Crippen LogP) is 12.4. The van der Waals surface area contributed by atoms with Gasteiger partial charge in [-0.15, -0.1) is 0 Å². The van der Waals surface area contributed by atoms with E-state index in [9.17, 15) is 0 Å². The van der Waals surface area contributed by atoms with Crippen LogP contribution in [0.4, 0.5) is 11.4 Å². The largest absolute Gasteiger partial charge is 0.378 e. The maximum atomic E-state index is 2.39. The molecule has 0 spiro atoms. The van der Waals surface area contributed by atoms with Gasteiger partial charge in [-0.05, 0) is 95.1 Å². The van der Waals surface area contributed by atoms with E-state index in [0.29, 0.717) is 0 Å². The van der Waals surface area contributed by atoms with Crippen molar-refractivity contribution in [3.8, 4) is 78.7 Å². The fraction of sp³-hybridized carbons (Fsp3) is 0.0714. The van der Waals surface area contributed by atoms with Gasteiger partial charge in [0.15, 0.2) is 0 Å². The van der Waals surface area contributed by atoms with Crippen LogP contribution in [0.25, 0.3) is 78.7 Å². The SMILES string of the molecule is CN(C)c1ccc(-[n+]2c(-c3ccccc3)cc(-c3ccc(-c4cc(-c5ccccc5)[n+](-c5ccc(N(C)C)cc5)c(-c5ccccc5)c4)cc3)cc2-c2ccccc2)cc1. The molecule has 7 aromatic carbocycles. The van der Waals surface area contributed by atoms with Gasteiger partial charge in [-0.3, -0.25) is 0 Å². The molecule has 2 heterocycles. The molecular weight excluding hydrogens is 729 g/mol. The summed E-state index contributed by atoms with van der Waals surface area (Å²) < 4.78 is 4.79. The Hall–Kier alpha value is -7.56. The van der Waals surface area contributed by atoms with Crippen molar-refractivity contribution in [1.29, 1.82) is 0 Å². The van der Waals surface area contributed by atoms with Crippen LogP contribution in [0.2, 0.25) is 0 Å². The molecule has 0 N–H and O–H groups in total. The molecule has 0 aliphatic heterocycles. The van der Waals surface area contributed by atoms with Crippen LogP contribution in [0.15, 0.2) is 218 Å². The average Bonchev–Trinajstić information content (AvgIpc) is 3.32. The third-order valence-corrected chi connectivity index (χ3v) is 11.2. The number of benzene rings is 7. The van der Waals surface area contributed by atoms with Crippen LogP contribution in [0.3, 0.4) is 0 Å². The lowest BCUT2D eigenvalue weighted by molar-refractivity contribution is -0.572. The van der Waals surface area contributed by atoms with Gasteiger partial charge in [0.1, 0.15) is 0 Å². The molecule has 0 bridgehead atoms. The Morgan fingerprint density at radius 2 is 0.500 bits per heavy atom. The maximum absolute atomic E-state index is 2.39. The zero-order valence-corrected chi connectivity index (χ0v) is 34.6.